The fourth-order valence-corrected chi connectivity index (χ4v) is 4.71. The Balaban J connectivity index is 1.45. The van der Waals surface area contributed by atoms with Crippen LogP contribution in [0.3, 0.4) is 0 Å². The zero-order chi connectivity index (χ0) is 26.8. The molecule has 3 aromatic rings. The maximum Gasteiger partial charge on any atom is 0.421 e. The molecule has 2 heterocycles. The van der Waals surface area contributed by atoms with Gasteiger partial charge in [-0.15, -0.1) is 0 Å². The van der Waals surface area contributed by atoms with Gasteiger partial charge in [0.15, 0.2) is 5.60 Å². The van der Waals surface area contributed by atoms with E-state index in [1.165, 1.54) is 12.1 Å². The number of halogens is 3. The summed E-state index contributed by atoms with van der Waals surface area (Å²) in [5.74, 6) is -0.859. The molecule has 0 amide bonds. The molecule has 1 aromatic heterocycles. The smallest absolute Gasteiger partial charge is 0.421 e. The summed E-state index contributed by atoms with van der Waals surface area (Å²) in [7, 11) is 0. The Kier molecular flexibility index (Phi) is 7.68. The van der Waals surface area contributed by atoms with Crippen LogP contribution >= 0.6 is 0 Å². The van der Waals surface area contributed by atoms with Crippen LogP contribution in [0.25, 0.3) is 11.1 Å². The van der Waals surface area contributed by atoms with Gasteiger partial charge in [-0.1, -0.05) is 42.5 Å². The Morgan fingerprint density at radius 3 is 2.27 bits per heavy atom. The van der Waals surface area contributed by atoms with Gasteiger partial charge in [0.2, 0.25) is 0 Å². The summed E-state index contributed by atoms with van der Waals surface area (Å²) in [4.78, 5) is 20.2. The van der Waals surface area contributed by atoms with Crippen molar-refractivity contribution in [2.75, 3.05) is 19.6 Å². The molecular formula is C28H30F3N3O3. The highest BCUT2D eigenvalue weighted by Crippen LogP contribution is 2.39. The molecule has 9 heteroatoms. The maximum absolute atomic E-state index is 13.1. The molecule has 0 bridgehead atoms. The minimum absolute atomic E-state index is 0.221. The van der Waals surface area contributed by atoms with Crippen molar-refractivity contribution < 1.29 is 28.2 Å². The van der Waals surface area contributed by atoms with Gasteiger partial charge in [0.1, 0.15) is 6.04 Å². The van der Waals surface area contributed by atoms with Crippen molar-refractivity contribution in [3.05, 3.63) is 89.2 Å². The summed E-state index contributed by atoms with van der Waals surface area (Å²) < 4.78 is 39.4. The molecule has 2 aromatic carbocycles. The normalized spacial score (nSPS) is 18.9. The average molecular weight is 514 g/mol. The number of aromatic nitrogens is 1. The summed E-state index contributed by atoms with van der Waals surface area (Å²) in [5.41, 5.74) is 1.43. The molecule has 1 saturated heterocycles. The third-order valence-corrected chi connectivity index (χ3v) is 7.00. The van der Waals surface area contributed by atoms with Crippen LogP contribution in [-0.4, -0.2) is 62.8 Å². The highest BCUT2D eigenvalue weighted by Gasteiger charge is 2.51. The van der Waals surface area contributed by atoms with E-state index in [4.69, 9.17) is 0 Å². The van der Waals surface area contributed by atoms with Crippen molar-refractivity contribution in [3.63, 3.8) is 0 Å². The van der Waals surface area contributed by atoms with E-state index in [9.17, 15) is 28.2 Å². The van der Waals surface area contributed by atoms with E-state index in [0.29, 0.717) is 26.2 Å². The fraction of sp³-hybridized carbons (Fsp3) is 0.357. The summed E-state index contributed by atoms with van der Waals surface area (Å²) >= 11 is 0. The summed E-state index contributed by atoms with van der Waals surface area (Å²) in [5, 5.41) is 19.8. The van der Waals surface area contributed by atoms with Gasteiger partial charge in [-0.2, -0.15) is 13.2 Å². The van der Waals surface area contributed by atoms with E-state index < -0.39 is 23.8 Å². The topological polar surface area (TPSA) is 76.9 Å². The van der Waals surface area contributed by atoms with Crippen LogP contribution in [-0.2, 0) is 23.5 Å². The summed E-state index contributed by atoms with van der Waals surface area (Å²) in [6, 6.07) is 14.7. The number of hydrogen-bond acceptors (Lipinski definition) is 5. The highest BCUT2D eigenvalue weighted by atomic mass is 19.4. The molecule has 1 aliphatic rings. The Hall–Kier alpha value is -3.27. The van der Waals surface area contributed by atoms with Gasteiger partial charge in [0, 0.05) is 45.1 Å². The van der Waals surface area contributed by atoms with E-state index >= 15 is 0 Å². The van der Waals surface area contributed by atoms with Crippen molar-refractivity contribution >= 4 is 5.97 Å². The van der Waals surface area contributed by atoms with Crippen LogP contribution in [0.1, 0.15) is 29.2 Å². The monoisotopic (exact) mass is 513 g/mol. The minimum Gasteiger partial charge on any atom is -0.480 e. The van der Waals surface area contributed by atoms with E-state index in [2.05, 4.69) is 9.88 Å². The highest BCUT2D eigenvalue weighted by molar-refractivity contribution is 5.74. The molecule has 2 atom stereocenters. The summed E-state index contributed by atoms with van der Waals surface area (Å²) in [6.07, 6.45) is -1.32. The average Bonchev–Trinajstić information content (AvgIpc) is 2.85. The van der Waals surface area contributed by atoms with Crippen molar-refractivity contribution in [2.24, 2.45) is 0 Å². The van der Waals surface area contributed by atoms with Crippen LogP contribution in [0, 0.1) is 6.92 Å². The first kappa shape index (κ1) is 26.8. The number of benzene rings is 2. The van der Waals surface area contributed by atoms with Crippen LogP contribution < -0.4 is 0 Å². The number of aliphatic carboxylic acids is 1. The summed E-state index contributed by atoms with van der Waals surface area (Å²) in [6.45, 7) is 5.59. The molecule has 6 nitrogen and oxygen atoms in total. The Bertz CT molecular complexity index is 1230. The van der Waals surface area contributed by atoms with Crippen LogP contribution in [0.15, 0.2) is 67.0 Å². The van der Waals surface area contributed by atoms with E-state index in [-0.39, 0.29) is 5.56 Å². The molecule has 1 fully saturated rings. The van der Waals surface area contributed by atoms with Crippen LogP contribution in [0.2, 0.25) is 0 Å². The minimum atomic E-state index is -4.77. The molecule has 0 spiro atoms. The van der Waals surface area contributed by atoms with E-state index in [1.54, 1.807) is 24.5 Å². The maximum atomic E-state index is 13.1. The fourth-order valence-electron chi connectivity index (χ4n) is 4.71. The predicted molar refractivity (Wildman–Crippen MR) is 134 cm³/mol. The Labute approximate surface area is 214 Å². The van der Waals surface area contributed by atoms with Crippen molar-refractivity contribution in [1.29, 1.82) is 0 Å². The predicted octanol–water partition coefficient (Wildman–Crippen LogP) is 4.60. The third kappa shape index (κ3) is 6.01. The van der Waals surface area contributed by atoms with E-state index in [0.717, 1.165) is 41.3 Å². The van der Waals surface area contributed by atoms with Gasteiger partial charge in [0.25, 0.3) is 0 Å². The molecule has 2 N–H and O–H groups in total. The van der Waals surface area contributed by atoms with Gasteiger partial charge < -0.3 is 10.2 Å². The van der Waals surface area contributed by atoms with Crippen molar-refractivity contribution in [2.45, 2.75) is 44.8 Å². The lowest BCUT2D eigenvalue weighted by Gasteiger charge is -2.39. The molecule has 0 aliphatic carbocycles. The van der Waals surface area contributed by atoms with Gasteiger partial charge in [-0.05, 0) is 59.4 Å². The second-order valence-corrected chi connectivity index (χ2v) is 9.71. The number of pyridine rings is 1. The number of aliphatic hydroxyl groups is 1. The standard InChI is InChI=1S/C28H30F3N3O3/c1-19-15-21(3-8-24(19)22-4-6-23(7-5-22)27(2,37)28(29,30)31)17-34-14-13-33(18-25(34)26(35)36)16-20-9-11-32-12-10-20/h3-12,15,25,37H,13-14,16-18H2,1-2H3,(H,35,36)/t25-,27?/m1/s1. The van der Waals surface area contributed by atoms with Gasteiger partial charge in [0.05, 0.1) is 0 Å². The van der Waals surface area contributed by atoms with Gasteiger partial charge in [-0.3, -0.25) is 19.6 Å². The molecule has 0 saturated carbocycles. The largest absolute Gasteiger partial charge is 0.480 e. The number of hydrogen-bond donors (Lipinski definition) is 2. The van der Waals surface area contributed by atoms with Gasteiger partial charge >= 0.3 is 12.1 Å². The zero-order valence-electron chi connectivity index (χ0n) is 20.7. The number of carbonyl (C=O) groups is 1. The molecule has 1 aliphatic heterocycles. The lowest BCUT2D eigenvalue weighted by atomic mass is 9.92. The second kappa shape index (κ2) is 10.6. The molecule has 1 unspecified atom stereocenters. The SMILES string of the molecule is Cc1cc(CN2CCN(Cc3ccncc3)C[C@@H]2C(=O)O)ccc1-c1ccc(C(C)(O)C(F)(F)F)cc1. The van der Waals surface area contributed by atoms with E-state index in [1.807, 2.05) is 42.2 Å². The molecular weight excluding hydrogens is 483 g/mol. The zero-order valence-corrected chi connectivity index (χ0v) is 20.7. The van der Waals surface area contributed by atoms with Crippen LogP contribution in [0.4, 0.5) is 13.2 Å². The molecule has 196 valence electrons. The number of piperazine rings is 1. The van der Waals surface area contributed by atoms with Crippen molar-refractivity contribution in [3.8, 4) is 11.1 Å². The number of carboxylic acids is 1. The Morgan fingerprint density at radius 1 is 1.00 bits per heavy atom. The first-order valence-corrected chi connectivity index (χ1v) is 12.0. The number of carboxylic acid groups (broad SMARTS) is 1. The molecule has 4 rings (SSSR count). The number of nitrogens with zero attached hydrogens (tertiary/aromatic N) is 3. The molecule has 37 heavy (non-hydrogen) atoms. The number of rotatable bonds is 7. The molecule has 0 radical (unpaired) electrons. The lowest BCUT2D eigenvalue weighted by Crippen LogP contribution is -2.55. The van der Waals surface area contributed by atoms with Crippen molar-refractivity contribution in [1.82, 2.24) is 14.8 Å². The quantitative estimate of drug-likeness (QED) is 0.481. The lowest BCUT2D eigenvalue weighted by molar-refractivity contribution is -0.258. The second-order valence-electron chi connectivity index (χ2n) is 9.71. The first-order chi connectivity index (χ1) is 17.5. The number of alkyl halides is 3. The van der Waals surface area contributed by atoms with Crippen LogP contribution in [0.5, 0.6) is 0 Å². The Morgan fingerprint density at radius 2 is 1.68 bits per heavy atom. The number of aryl methyl sites for hydroxylation is 1. The third-order valence-electron chi connectivity index (χ3n) is 7.00. The van der Waals surface area contributed by atoms with Gasteiger partial charge in [-0.25, -0.2) is 0 Å². The first-order valence-electron chi connectivity index (χ1n) is 12.0.